The highest BCUT2D eigenvalue weighted by atomic mass is 35.5. The molecule has 0 aliphatic rings. The molecular weight excluding hydrogens is 295 g/mol. The number of halogens is 2. The van der Waals surface area contributed by atoms with Crippen LogP contribution in [0.15, 0.2) is 42.5 Å². The van der Waals surface area contributed by atoms with Crippen LogP contribution < -0.4 is 4.74 Å². The van der Waals surface area contributed by atoms with Crippen molar-refractivity contribution < 1.29 is 9.84 Å². The van der Waals surface area contributed by atoms with Crippen LogP contribution in [0.2, 0.25) is 10.0 Å². The molecule has 0 spiro atoms. The van der Waals surface area contributed by atoms with Crippen molar-refractivity contribution in [1.82, 2.24) is 0 Å². The fraction of sp³-hybridized carbons (Fsp3) is 0.250. The molecule has 0 aromatic heterocycles. The first-order chi connectivity index (χ1) is 9.58. The fourth-order valence-corrected chi connectivity index (χ4v) is 2.57. The van der Waals surface area contributed by atoms with E-state index in [2.05, 4.69) is 0 Å². The highest BCUT2D eigenvalue weighted by molar-refractivity contribution is 6.35. The number of methoxy groups -OCH3 is 1. The Bertz CT molecular complexity index is 584. The molecular formula is C16H16Cl2O2. The van der Waals surface area contributed by atoms with Crippen LogP contribution in [0.5, 0.6) is 5.75 Å². The Balaban J connectivity index is 2.02. The van der Waals surface area contributed by atoms with Gasteiger partial charge < -0.3 is 9.84 Å². The zero-order valence-corrected chi connectivity index (χ0v) is 12.7. The molecule has 4 heteroatoms. The molecule has 0 aliphatic carbocycles. The molecule has 0 bridgehead atoms. The normalized spacial score (nSPS) is 12.2. The maximum Gasteiger partial charge on any atom is 0.119 e. The van der Waals surface area contributed by atoms with Crippen molar-refractivity contribution >= 4 is 23.2 Å². The molecule has 2 nitrogen and oxygen atoms in total. The first-order valence-corrected chi connectivity index (χ1v) is 7.09. The second-order valence-corrected chi connectivity index (χ2v) is 5.49. The number of aliphatic hydroxyl groups is 1. The molecule has 1 unspecified atom stereocenters. The Labute approximate surface area is 128 Å². The molecule has 1 atom stereocenters. The SMILES string of the molecule is COc1cccc(CC(O)Cc2ccc(Cl)cc2Cl)c1. The molecule has 0 heterocycles. The average Bonchev–Trinajstić information content (AvgIpc) is 2.42. The van der Waals surface area contributed by atoms with Gasteiger partial charge in [-0.25, -0.2) is 0 Å². The van der Waals surface area contributed by atoms with Crippen LogP contribution in [0.4, 0.5) is 0 Å². The van der Waals surface area contributed by atoms with Gasteiger partial charge in [0.1, 0.15) is 5.75 Å². The van der Waals surface area contributed by atoms with Gasteiger partial charge in [0.15, 0.2) is 0 Å². The Hall–Kier alpha value is -1.22. The minimum absolute atomic E-state index is 0.493. The van der Waals surface area contributed by atoms with Crippen LogP contribution in [0.1, 0.15) is 11.1 Å². The Morgan fingerprint density at radius 3 is 2.60 bits per heavy atom. The highest BCUT2D eigenvalue weighted by Crippen LogP contribution is 2.23. The van der Waals surface area contributed by atoms with Gasteiger partial charge in [-0.15, -0.1) is 0 Å². The average molecular weight is 311 g/mol. The van der Waals surface area contributed by atoms with E-state index in [4.69, 9.17) is 27.9 Å². The predicted octanol–water partition coefficient (Wildman–Crippen LogP) is 4.15. The molecule has 2 rings (SSSR count). The van der Waals surface area contributed by atoms with Crippen LogP contribution in [-0.2, 0) is 12.8 Å². The smallest absolute Gasteiger partial charge is 0.119 e. The van der Waals surface area contributed by atoms with Crippen molar-refractivity contribution in [3.8, 4) is 5.75 Å². The van der Waals surface area contributed by atoms with Gasteiger partial charge in [-0.1, -0.05) is 41.4 Å². The summed E-state index contributed by atoms with van der Waals surface area (Å²) in [5.74, 6) is 0.791. The number of rotatable bonds is 5. The lowest BCUT2D eigenvalue weighted by atomic mass is 10.0. The summed E-state index contributed by atoms with van der Waals surface area (Å²) in [7, 11) is 1.63. The molecule has 1 N–H and O–H groups in total. The van der Waals surface area contributed by atoms with Crippen LogP contribution >= 0.6 is 23.2 Å². The molecule has 0 saturated carbocycles. The van der Waals surface area contributed by atoms with Crippen LogP contribution in [-0.4, -0.2) is 18.3 Å². The summed E-state index contributed by atoms with van der Waals surface area (Å²) in [5, 5.41) is 11.4. The number of aliphatic hydroxyl groups excluding tert-OH is 1. The maximum atomic E-state index is 10.2. The lowest BCUT2D eigenvalue weighted by Crippen LogP contribution is -2.14. The molecule has 0 saturated heterocycles. The van der Waals surface area contributed by atoms with E-state index in [1.807, 2.05) is 30.3 Å². The summed E-state index contributed by atoms with van der Waals surface area (Å²) in [6.45, 7) is 0. The summed E-state index contributed by atoms with van der Waals surface area (Å²) in [6.07, 6.45) is 0.546. The van der Waals surface area contributed by atoms with E-state index in [0.717, 1.165) is 16.9 Å². The van der Waals surface area contributed by atoms with E-state index in [-0.39, 0.29) is 0 Å². The second kappa shape index (κ2) is 6.98. The van der Waals surface area contributed by atoms with E-state index in [9.17, 15) is 5.11 Å². The van der Waals surface area contributed by atoms with Crippen LogP contribution in [0.25, 0.3) is 0 Å². The molecule has 0 radical (unpaired) electrons. The number of hydrogen-bond donors (Lipinski definition) is 1. The van der Waals surface area contributed by atoms with Crippen molar-refractivity contribution in [2.24, 2.45) is 0 Å². The largest absolute Gasteiger partial charge is 0.497 e. The van der Waals surface area contributed by atoms with Gasteiger partial charge in [-0.2, -0.15) is 0 Å². The monoisotopic (exact) mass is 310 g/mol. The van der Waals surface area contributed by atoms with Gasteiger partial charge in [0.05, 0.1) is 13.2 Å². The zero-order valence-electron chi connectivity index (χ0n) is 11.1. The lowest BCUT2D eigenvalue weighted by molar-refractivity contribution is 0.175. The summed E-state index contributed by atoms with van der Waals surface area (Å²) < 4.78 is 5.17. The minimum Gasteiger partial charge on any atom is -0.497 e. The summed E-state index contributed by atoms with van der Waals surface area (Å²) >= 11 is 12.0. The van der Waals surface area contributed by atoms with Crippen LogP contribution in [0.3, 0.4) is 0 Å². The third-order valence-corrected chi connectivity index (χ3v) is 3.66. The maximum absolute atomic E-state index is 10.2. The van der Waals surface area contributed by atoms with Gasteiger partial charge in [0.25, 0.3) is 0 Å². The van der Waals surface area contributed by atoms with Crippen molar-refractivity contribution in [3.63, 3.8) is 0 Å². The standard InChI is InChI=1S/C16H16Cl2O2/c1-20-15-4-2-3-11(8-15)7-14(19)9-12-5-6-13(17)10-16(12)18/h2-6,8,10,14,19H,7,9H2,1H3. The quantitative estimate of drug-likeness (QED) is 0.899. The van der Waals surface area contributed by atoms with Crippen molar-refractivity contribution in [2.75, 3.05) is 7.11 Å². The zero-order chi connectivity index (χ0) is 14.5. The third-order valence-electron chi connectivity index (χ3n) is 3.08. The second-order valence-electron chi connectivity index (χ2n) is 4.65. The number of ether oxygens (including phenoxy) is 1. The number of benzene rings is 2. The van der Waals surface area contributed by atoms with E-state index < -0.39 is 6.10 Å². The molecule has 0 aliphatic heterocycles. The van der Waals surface area contributed by atoms with E-state index in [1.165, 1.54) is 0 Å². The molecule has 20 heavy (non-hydrogen) atoms. The molecule has 2 aromatic carbocycles. The number of hydrogen-bond acceptors (Lipinski definition) is 2. The summed E-state index contributed by atoms with van der Waals surface area (Å²) in [5.41, 5.74) is 1.92. The van der Waals surface area contributed by atoms with Crippen molar-refractivity contribution in [3.05, 3.63) is 63.6 Å². The Morgan fingerprint density at radius 1 is 1.10 bits per heavy atom. The summed E-state index contributed by atoms with van der Waals surface area (Å²) in [4.78, 5) is 0. The fourth-order valence-electron chi connectivity index (χ4n) is 2.08. The Kier molecular flexibility index (Phi) is 5.30. The van der Waals surface area contributed by atoms with E-state index in [1.54, 1.807) is 19.2 Å². The topological polar surface area (TPSA) is 29.5 Å². The van der Waals surface area contributed by atoms with Crippen LogP contribution in [0, 0.1) is 0 Å². The van der Waals surface area contributed by atoms with Gasteiger partial charge in [-0.05, 0) is 41.8 Å². The van der Waals surface area contributed by atoms with Gasteiger partial charge in [-0.3, -0.25) is 0 Å². The van der Waals surface area contributed by atoms with Gasteiger partial charge in [0.2, 0.25) is 0 Å². The molecule has 2 aromatic rings. The molecule has 0 amide bonds. The molecule has 0 fully saturated rings. The van der Waals surface area contributed by atoms with Gasteiger partial charge >= 0.3 is 0 Å². The predicted molar refractivity (Wildman–Crippen MR) is 82.9 cm³/mol. The minimum atomic E-state index is -0.499. The highest BCUT2D eigenvalue weighted by Gasteiger charge is 2.10. The molecule has 106 valence electrons. The Morgan fingerprint density at radius 2 is 1.90 bits per heavy atom. The van der Waals surface area contributed by atoms with Crippen molar-refractivity contribution in [1.29, 1.82) is 0 Å². The first kappa shape index (κ1) is 15.2. The van der Waals surface area contributed by atoms with E-state index in [0.29, 0.717) is 22.9 Å². The van der Waals surface area contributed by atoms with Gasteiger partial charge in [0, 0.05) is 16.5 Å². The van der Waals surface area contributed by atoms with E-state index >= 15 is 0 Å². The first-order valence-electron chi connectivity index (χ1n) is 6.33. The summed E-state index contributed by atoms with van der Waals surface area (Å²) in [6, 6.07) is 13.0. The lowest BCUT2D eigenvalue weighted by Gasteiger charge is -2.13. The van der Waals surface area contributed by atoms with Crippen molar-refractivity contribution in [2.45, 2.75) is 18.9 Å². The third kappa shape index (κ3) is 4.14.